The Hall–Kier alpha value is -2.51. The lowest BCUT2D eigenvalue weighted by molar-refractivity contribution is -0.133. The highest BCUT2D eigenvalue weighted by molar-refractivity contribution is 6.52. The molecule has 0 saturated carbocycles. The second-order valence-electron chi connectivity index (χ2n) is 5.96. The predicted molar refractivity (Wildman–Crippen MR) is 86.4 cm³/mol. The second kappa shape index (κ2) is 4.99. The lowest BCUT2D eigenvalue weighted by Gasteiger charge is -2.35. The Balaban J connectivity index is 2.07. The molecule has 114 valence electrons. The first-order chi connectivity index (χ1) is 11.1. The molecule has 3 rings (SSSR count). The molecule has 6 radical (unpaired) electrons. The quantitative estimate of drug-likeness (QED) is 0.377. The number of fused-ring (bicyclic) bond motifs is 1. The number of anilines is 1. The van der Waals surface area contributed by atoms with Crippen molar-refractivity contribution in [3.8, 4) is 0 Å². The van der Waals surface area contributed by atoms with Gasteiger partial charge in [-0.1, -0.05) is 12.5 Å². The maximum absolute atomic E-state index is 12.7. The number of nitrogens with two attached hydrogens (primary N) is 1. The van der Waals surface area contributed by atoms with E-state index in [-0.39, 0.29) is 29.7 Å². The molecule has 1 saturated heterocycles. The number of carbonyl (C=O) groups excluding carboxylic acids is 4. The van der Waals surface area contributed by atoms with Crippen LogP contribution in [-0.2, 0) is 9.59 Å². The van der Waals surface area contributed by atoms with Crippen molar-refractivity contribution in [1.82, 2.24) is 10.2 Å². The third-order valence-corrected chi connectivity index (χ3v) is 4.31. The first kappa shape index (κ1) is 16.4. The fraction of sp³-hybridized carbons (Fsp3) is 0.286. The van der Waals surface area contributed by atoms with Gasteiger partial charge in [0.05, 0.1) is 32.3 Å². The van der Waals surface area contributed by atoms with Crippen LogP contribution < -0.4 is 11.1 Å². The van der Waals surface area contributed by atoms with E-state index in [9.17, 15) is 19.2 Å². The molecule has 1 atom stereocenters. The average Bonchev–Trinajstić information content (AvgIpc) is 2.73. The maximum atomic E-state index is 12.7. The minimum atomic E-state index is -2.10. The van der Waals surface area contributed by atoms with E-state index in [1.54, 1.807) is 0 Å². The molecule has 24 heavy (non-hydrogen) atoms. The predicted octanol–water partition coefficient (Wildman–Crippen LogP) is -1.38. The molecule has 0 aromatic heterocycles. The summed E-state index contributed by atoms with van der Waals surface area (Å²) < 4.78 is 0. The molecule has 4 amide bonds. The first-order valence-corrected chi connectivity index (χ1v) is 7.09. The number of carbonyl (C=O) groups is 4. The summed E-state index contributed by atoms with van der Waals surface area (Å²) in [5.41, 5.74) is 3.76. The average molecular weight is 317 g/mol. The summed E-state index contributed by atoms with van der Waals surface area (Å²) in [4.78, 5) is 50.1. The van der Waals surface area contributed by atoms with Crippen molar-refractivity contribution in [2.75, 3.05) is 5.73 Å². The van der Waals surface area contributed by atoms with Gasteiger partial charge in [-0.2, -0.15) is 0 Å². The van der Waals surface area contributed by atoms with E-state index >= 15 is 0 Å². The van der Waals surface area contributed by atoms with Crippen molar-refractivity contribution < 1.29 is 19.2 Å². The van der Waals surface area contributed by atoms with Crippen LogP contribution in [0.25, 0.3) is 0 Å². The number of amides is 4. The summed E-state index contributed by atoms with van der Waals surface area (Å²) >= 11 is 0. The Labute approximate surface area is 141 Å². The maximum Gasteiger partial charge on any atom is 0.263 e. The van der Waals surface area contributed by atoms with Gasteiger partial charge in [0.15, 0.2) is 0 Å². The largest absolute Gasteiger partial charge is 0.398 e. The zero-order valence-electron chi connectivity index (χ0n) is 12.5. The molecule has 2 aliphatic heterocycles. The van der Waals surface area contributed by atoms with Crippen molar-refractivity contribution in [3.05, 3.63) is 29.3 Å². The smallest absolute Gasteiger partial charge is 0.263 e. The van der Waals surface area contributed by atoms with Gasteiger partial charge in [-0.05, 0) is 23.8 Å². The molecule has 1 aromatic rings. The number of imide groups is 2. The van der Waals surface area contributed by atoms with Gasteiger partial charge in [0.25, 0.3) is 11.8 Å². The van der Waals surface area contributed by atoms with Crippen molar-refractivity contribution in [2.45, 2.75) is 23.5 Å². The van der Waals surface area contributed by atoms with Crippen LogP contribution in [0.3, 0.4) is 0 Å². The second-order valence-corrected chi connectivity index (χ2v) is 5.96. The summed E-state index contributed by atoms with van der Waals surface area (Å²) in [7, 11) is 17.3. The first-order valence-electron chi connectivity index (χ1n) is 7.09. The lowest BCUT2D eigenvalue weighted by Crippen LogP contribution is -2.61. The fourth-order valence-electron chi connectivity index (χ4n) is 2.84. The van der Waals surface area contributed by atoms with Crippen LogP contribution in [0, 0.1) is 0 Å². The van der Waals surface area contributed by atoms with E-state index in [0.29, 0.717) is 4.90 Å². The standard InChI is InChI=1S/C14H10B3N3O4/c15-13(16)4-5-14(17,12(24)19-11(13)23)20-9(21)6-2-1-3-7(18)8(6)10(20)22/h1-3H,4-5,18H2,(H,19,23,24)/t14-/m1/s1. The Bertz CT molecular complexity index is 810. The number of hydrogen-bond acceptors (Lipinski definition) is 5. The summed E-state index contributed by atoms with van der Waals surface area (Å²) in [6.07, 6.45) is -0.479. The third-order valence-electron chi connectivity index (χ3n) is 4.31. The van der Waals surface area contributed by atoms with E-state index in [1.807, 2.05) is 5.32 Å². The van der Waals surface area contributed by atoms with Crippen molar-refractivity contribution in [1.29, 1.82) is 0 Å². The van der Waals surface area contributed by atoms with Crippen LogP contribution in [0.5, 0.6) is 0 Å². The number of hydrogen-bond donors (Lipinski definition) is 2. The summed E-state index contributed by atoms with van der Waals surface area (Å²) in [6.45, 7) is 0. The molecule has 0 aliphatic carbocycles. The van der Waals surface area contributed by atoms with Gasteiger partial charge in [0.1, 0.15) is 7.85 Å². The lowest BCUT2D eigenvalue weighted by atomic mass is 9.51. The van der Waals surface area contributed by atoms with E-state index < -0.39 is 34.3 Å². The zero-order valence-corrected chi connectivity index (χ0v) is 12.5. The number of nitrogen functional groups attached to an aromatic ring is 1. The van der Waals surface area contributed by atoms with Crippen molar-refractivity contribution >= 4 is 52.9 Å². The van der Waals surface area contributed by atoms with E-state index in [4.69, 9.17) is 29.3 Å². The Morgan fingerprint density at radius 1 is 1.00 bits per heavy atom. The molecular formula is C14H10B3N3O4. The topological polar surface area (TPSA) is 110 Å². The molecule has 1 fully saturated rings. The van der Waals surface area contributed by atoms with Crippen molar-refractivity contribution in [2.24, 2.45) is 0 Å². The van der Waals surface area contributed by atoms with Crippen LogP contribution in [0.4, 0.5) is 5.69 Å². The monoisotopic (exact) mass is 317 g/mol. The van der Waals surface area contributed by atoms with Gasteiger partial charge >= 0.3 is 0 Å². The molecule has 2 heterocycles. The van der Waals surface area contributed by atoms with Gasteiger partial charge in [0, 0.05) is 5.69 Å². The highest BCUT2D eigenvalue weighted by Crippen LogP contribution is 2.38. The molecule has 0 bridgehead atoms. The van der Waals surface area contributed by atoms with E-state index in [1.165, 1.54) is 18.2 Å². The van der Waals surface area contributed by atoms with Gasteiger partial charge in [-0.25, -0.2) is 0 Å². The minimum Gasteiger partial charge on any atom is -0.398 e. The number of nitrogens with zero attached hydrogens (tertiary/aromatic N) is 1. The summed E-state index contributed by atoms with van der Waals surface area (Å²) in [5.74, 6) is -3.54. The van der Waals surface area contributed by atoms with Gasteiger partial charge in [-0.3, -0.25) is 29.4 Å². The van der Waals surface area contributed by atoms with Crippen LogP contribution in [0.2, 0.25) is 5.21 Å². The molecular weight excluding hydrogens is 307 g/mol. The molecule has 10 heteroatoms. The number of nitrogens with one attached hydrogen (secondary N) is 1. The SMILES string of the molecule is [B]C1([B])CC[C@@]([B])(N2C(=O)c3cccc(N)c3C2=O)C(=O)NC1=O. The molecule has 7 nitrogen and oxygen atoms in total. The highest BCUT2D eigenvalue weighted by atomic mass is 16.2. The molecule has 0 unspecified atom stereocenters. The van der Waals surface area contributed by atoms with Crippen LogP contribution in [-0.4, -0.2) is 57.5 Å². The number of benzene rings is 1. The number of rotatable bonds is 1. The zero-order chi connectivity index (χ0) is 17.9. The molecule has 0 spiro atoms. The minimum absolute atomic E-state index is 0.0255. The summed E-state index contributed by atoms with van der Waals surface area (Å²) in [6, 6.07) is 4.37. The molecule has 2 aliphatic rings. The Morgan fingerprint density at radius 3 is 2.29 bits per heavy atom. The highest BCUT2D eigenvalue weighted by Gasteiger charge is 2.53. The van der Waals surface area contributed by atoms with Crippen LogP contribution in [0.1, 0.15) is 33.6 Å². The van der Waals surface area contributed by atoms with E-state index in [2.05, 4.69) is 0 Å². The van der Waals surface area contributed by atoms with Crippen LogP contribution >= 0.6 is 0 Å². The Kier molecular flexibility index (Phi) is 3.40. The van der Waals surface area contributed by atoms with Gasteiger partial charge < -0.3 is 5.73 Å². The third kappa shape index (κ3) is 2.09. The summed E-state index contributed by atoms with van der Waals surface area (Å²) in [5, 5.41) is 0.113. The van der Waals surface area contributed by atoms with Crippen molar-refractivity contribution in [3.63, 3.8) is 0 Å². The van der Waals surface area contributed by atoms with Crippen LogP contribution in [0.15, 0.2) is 18.2 Å². The van der Waals surface area contributed by atoms with E-state index in [0.717, 1.165) is 0 Å². The normalized spacial score (nSPS) is 26.1. The van der Waals surface area contributed by atoms with Gasteiger partial charge in [0.2, 0.25) is 11.8 Å². The molecule has 1 aromatic carbocycles. The van der Waals surface area contributed by atoms with Gasteiger partial charge in [-0.15, -0.1) is 0 Å². The Morgan fingerprint density at radius 2 is 1.67 bits per heavy atom. The molecule has 3 N–H and O–H groups in total. The fourth-order valence-corrected chi connectivity index (χ4v) is 2.84.